The molecule has 2 rings (SSSR count). The fraction of sp³-hybridized carbons (Fsp3) is 0.833. The molecule has 0 bridgehead atoms. The summed E-state index contributed by atoms with van der Waals surface area (Å²) in [6.07, 6.45) is 7.03. The molecule has 1 heteroatoms. The predicted octanol–water partition coefficient (Wildman–Crippen LogP) is 2.89. The van der Waals surface area contributed by atoms with Crippen LogP contribution in [0.25, 0.3) is 0 Å². The highest BCUT2D eigenvalue weighted by Gasteiger charge is 2.60. The average Bonchev–Trinajstić information content (AvgIpc) is 2.75. The molecule has 74 valence electrons. The molecule has 0 aromatic rings. The standard InChI is InChI=1S/C12H20O/c1-3-10-9(2)12(10)8-6-4-5-7-11(12)13/h10-11,13H,2-8H2,1H3. The van der Waals surface area contributed by atoms with Gasteiger partial charge in [-0.25, -0.2) is 0 Å². The van der Waals surface area contributed by atoms with Crippen molar-refractivity contribution in [2.24, 2.45) is 11.3 Å². The quantitative estimate of drug-likeness (QED) is 0.615. The van der Waals surface area contributed by atoms with E-state index in [9.17, 15) is 5.11 Å². The van der Waals surface area contributed by atoms with E-state index in [0.717, 1.165) is 12.8 Å². The smallest absolute Gasteiger partial charge is 0.0639 e. The lowest BCUT2D eigenvalue weighted by atomic mass is 9.90. The van der Waals surface area contributed by atoms with Crippen molar-refractivity contribution >= 4 is 0 Å². The summed E-state index contributed by atoms with van der Waals surface area (Å²) >= 11 is 0. The summed E-state index contributed by atoms with van der Waals surface area (Å²) in [6, 6.07) is 0. The number of aliphatic hydroxyl groups is 1. The largest absolute Gasteiger partial charge is 0.392 e. The molecule has 3 atom stereocenters. The topological polar surface area (TPSA) is 20.2 Å². The molecule has 1 spiro atoms. The normalized spacial score (nSPS) is 44.9. The van der Waals surface area contributed by atoms with E-state index in [4.69, 9.17) is 0 Å². The number of hydrogen-bond acceptors (Lipinski definition) is 1. The maximum atomic E-state index is 10.1. The number of hydrogen-bond donors (Lipinski definition) is 1. The first-order valence-corrected chi connectivity index (χ1v) is 5.60. The first kappa shape index (κ1) is 9.26. The molecule has 0 aliphatic heterocycles. The summed E-state index contributed by atoms with van der Waals surface area (Å²) in [5, 5.41) is 10.1. The van der Waals surface area contributed by atoms with Crippen molar-refractivity contribution in [1.82, 2.24) is 0 Å². The Morgan fingerprint density at radius 2 is 2.23 bits per heavy atom. The maximum absolute atomic E-state index is 10.1. The maximum Gasteiger partial charge on any atom is 0.0639 e. The van der Waals surface area contributed by atoms with Crippen LogP contribution in [0, 0.1) is 11.3 Å². The Labute approximate surface area is 80.8 Å². The highest BCUT2D eigenvalue weighted by molar-refractivity contribution is 5.37. The summed E-state index contributed by atoms with van der Waals surface area (Å²) in [6.45, 7) is 6.34. The highest BCUT2D eigenvalue weighted by atomic mass is 16.3. The average molecular weight is 180 g/mol. The van der Waals surface area contributed by atoms with Gasteiger partial charge in [0, 0.05) is 5.41 Å². The van der Waals surface area contributed by atoms with E-state index in [2.05, 4.69) is 13.5 Å². The van der Waals surface area contributed by atoms with Crippen molar-refractivity contribution in [3.05, 3.63) is 12.2 Å². The van der Waals surface area contributed by atoms with Crippen LogP contribution in [0.1, 0.15) is 45.4 Å². The molecule has 0 aromatic heterocycles. The Hall–Kier alpha value is -0.300. The van der Waals surface area contributed by atoms with Crippen LogP contribution in [-0.4, -0.2) is 11.2 Å². The highest BCUT2D eigenvalue weighted by Crippen LogP contribution is 2.65. The van der Waals surface area contributed by atoms with Crippen molar-refractivity contribution in [2.45, 2.75) is 51.6 Å². The van der Waals surface area contributed by atoms with Gasteiger partial charge in [0.05, 0.1) is 6.10 Å². The molecule has 0 amide bonds. The van der Waals surface area contributed by atoms with Crippen LogP contribution >= 0.6 is 0 Å². The molecule has 1 N–H and O–H groups in total. The minimum atomic E-state index is -0.0903. The van der Waals surface area contributed by atoms with Gasteiger partial charge in [0.2, 0.25) is 0 Å². The minimum absolute atomic E-state index is 0.0903. The third-order valence-electron chi connectivity index (χ3n) is 4.13. The van der Waals surface area contributed by atoms with Crippen LogP contribution in [0.2, 0.25) is 0 Å². The first-order valence-electron chi connectivity index (χ1n) is 5.60. The van der Waals surface area contributed by atoms with Crippen molar-refractivity contribution in [3.8, 4) is 0 Å². The second kappa shape index (κ2) is 3.13. The molecule has 1 nitrogen and oxygen atoms in total. The second-order valence-electron chi connectivity index (χ2n) is 4.64. The Morgan fingerprint density at radius 3 is 2.85 bits per heavy atom. The second-order valence-corrected chi connectivity index (χ2v) is 4.64. The Bertz CT molecular complexity index is 221. The van der Waals surface area contributed by atoms with Crippen LogP contribution in [0.4, 0.5) is 0 Å². The van der Waals surface area contributed by atoms with E-state index in [0.29, 0.717) is 5.92 Å². The molecule has 13 heavy (non-hydrogen) atoms. The van der Waals surface area contributed by atoms with E-state index >= 15 is 0 Å². The molecule has 0 radical (unpaired) electrons. The van der Waals surface area contributed by atoms with E-state index in [1.165, 1.54) is 31.3 Å². The lowest BCUT2D eigenvalue weighted by molar-refractivity contribution is 0.0812. The molecule has 0 aromatic carbocycles. The molecule has 2 aliphatic rings. The first-order chi connectivity index (χ1) is 6.23. The van der Waals surface area contributed by atoms with Gasteiger partial charge in [-0.3, -0.25) is 0 Å². The van der Waals surface area contributed by atoms with Gasteiger partial charge in [0.1, 0.15) is 0 Å². The van der Waals surface area contributed by atoms with Crippen LogP contribution in [0.3, 0.4) is 0 Å². The summed E-state index contributed by atoms with van der Waals surface area (Å²) in [5.41, 5.74) is 1.50. The van der Waals surface area contributed by atoms with Gasteiger partial charge in [0.15, 0.2) is 0 Å². The third-order valence-corrected chi connectivity index (χ3v) is 4.13. The van der Waals surface area contributed by atoms with E-state index in [-0.39, 0.29) is 11.5 Å². The fourth-order valence-electron chi connectivity index (χ4n) is 3.28. The zero-order chi connectivity index (χ0) is 9.47. The summed E-state index contributed by atoms with van der Waals surface area (Å²) in [4.78, 5) is 0. The number of aliphatic hydroxyl groups excluding tert-OH is 1. The fourth-order valence-corrected chi connectivity index (χ4v) is 3.28. The van der Waals surface area contributed by atoms with Gasteiger partial charge in [-0.05, 0) is 25.2 Å². The van der Waals surface area contributed by atoms with E-state index in [1.807, 2.05) is 0 Å². The van der Waals surface area contributed by atoms with Gasteiger partial charge in [-0.1, -0.05) is 38.3 Å². The van der Waals surface area contributed by atoms with Crippen LogP contribution in [0.15, 0.2) is 12.2 Å². The molecular weight excluding hydrogens is 160 g/mol. The van der Waals surface area contributed by atoms with Gasteiger partial charge < -0.3 is 5.11 Å². The van der Waals surface area contributed by atoms with Gasteiger partial charge in [0.25, 0.3) is 0 Å². The molecular formula is C12H20O. The molecule has 3 unspecified atom stereocenters. The van der Waals surface area contributed by atoms with Crippen LogP contribution in [0.5, 0.6) is 0 Å². The number of rotatable bonds is 1. The molecule has 2 saturated carbocycles. The lowest BCUT2D eigenvalue weighted by Gasteiger charge is -2.20. The minimum Gasteiger partial charge on any atom is -0.392 e. The molecule has 0 heterocycles. The van der Waals surface area contributed by atoms with E-state index in [1.54, 1.807) is 0 Å². The van der Waals surface area contributed by atoms with Gasteiger partial charge in [-0.2, -0.15) is 0 Å². The Balaban J connectivity index is 2.16. The predicted molar refractivity (Wildman–Crippen MR) is 54.4 cm³/mol. The SMILES string of the molecule is C=C1C(CC)C12CCCCCC2O. The summed E-state index contributed by atoms with van der Waals surface area (Å²) < 4.78 is 0. The van der Waals surface area contributed by atoms with Gasteiger partial charge >= 0.3 is 0 Å². The van der Waals surface area contributed by atoms with Crippen LogP contribution in [-0.2, 0) is 0 Å². The Kier molecular flexibility index (Phi) is 2.23. The zero-order valence-electron chi connectivity index (χ0n) is 8.55. The van der Waals surface area contributed by atoms with Gasteiger partial charge in [-0.15, -0.1) is 0 Å². The molecule has 2 aliphatic carbocycles. The monoisotopic (exact) mass is 180 g/mol. The summed E-state index contributed by atoms with van der Waals surface area (Å²) in [5.74, 6) is 0.626. The van der Waals surface area contributed by atoms with Crippen molar-refractivity contribution in [2.75, 3.05) is 0 Å². The third kappa shape index (κ3) is 1.17. The lowest BCUT2D eigenvalue weighted by Crippen LogP contribution is -2.22. The Morgan fingerprint density at radius 1 is 1.46 bits per heavy atom. The van der Waals surface area contributed by atoms with E-state index < -0.39 is 0 Å². The van der Waals surface area contributed by atoms with Crippen LogP contribution < -0.4 is 0 Å². The molecule has 2 fully saturated rings. The van der Waals surface area contributed by atoms with Crippen molar-refractivity contribution < 1.29 is 5.11 Å². The zero-order valence-corrected chi connectivity index (χ0v) is 8.55. The summed E-state index contributed by atoms with van der Waals surface area (Å²) in [7, 11) is 0. The molecule has 0 saturated heterocycles. The van der Waals surface area contributed by atoms with Crippen molar-refractivity contribution in [1.29, 1.82) is 0 Å². The van der Waals surface area contributed by atoms with Crippen molar-refractivity contribution in [3.63, 3.8) is 0 Å².